The predicted octanol–water partition coefficient (Wildman–Crippen LogP) is 0.301. The van der Waals surface area contributed by atoms with Crippen molar-refractivity contribution in [2.24, 2.45) is 5.73 Å². The Hall–Kier alpha value is -1.43. The summed E-state index contributed by atoms with van der Waals surface area (Å²) < 4.78 is 5.53. The summed E-state index contributed by atoms with van der Waals surface area (Å²) in [5.41, 5.74) is 7.32. The van der Waals surface area contributed by atoms with Gasteiger partial charge in [-0.05, 0) is 24.0 Å². The maximum absolute atomic E-state index is 11.9. The second-order valence-corrected chi connectivity index (χ2v) is 4.76. The van der Waals surface area contributed by atoms with Gasteiger partial charge in [0.15, 0.2) is 0 Å². The number of benzene rings is 1. The van der Waals surface area contributed by atoms with Gasteiger partial charge in [0.05, 0.1) is 12.7 Å². The van der Waals surface area contributed by atoms with Crippen molar-refractivity contribution in [2.75, 3.05) is 6.54 Å². The van der Waals surface area contributed by atoms with E-state index in [9.17, 15) is 4.79 Å². The van der Waals surface area contributed by atoms with Gasteiger partial charge in [0.25, 0.3) is 0 Å². The highest BCUT2D eigenvalue weighted by Crippen LogP contribution is 2.19. The normalized spacial score (nSPS) is 22.4. The SMILES string of the molecule is NC[C@H]1CC[C@@H](C(=O)NCc2cccc(CO)c2)O1. The molecule has 0 aromatic heterocycles. The zero-order chi connectivity index (χ0) is 13.7. The lowest BCUT2D eigenvalue weighted by Crippen LogP contribution is -2.35. The second kappa shape index (κ2) is 6.65. The number of hydrogen-bond acceptors (Lipinski definition) is 4. The molecule has 1 aromatic rings. The van der Waals surface area contributed by atoms with E-state index in [-0.39, 0.29) is 24.7 Å². The summed E-state index contributed by atoms with van der Waals surface area (Å²) in [5.74, 6) is -0.0923. The van der Waals surface area contributed by atoms with Crippen LogP contribution in [0.15, 0.2) is 24.3 Å². The molecule has 1 amide bonds. The van der Waals surface area contributed by atoms with Crippen molar-refractivity contribution in [3.8, 4) is 0 Å². The number of nitrogens with one attached hydrogen (secondary N) is 1. The average molecular weight is 264 g/mol. The number of carbonyl (C=O) groups excluding carboxylic acids is 1. The van der Waals surface area contributed by atoms with Crippen molar-refractivity contribution in [2.45, 2.75) is 38.2 Å². The Kier molecular flexibility index (Phi) is 4.90. The summed E-state index contributed by atoms with van der Waals surface area (Å²) in [4.78, 5) is 11.9. The van der Waals surface area contributed by atoms with Crippen LogP contribution in [0.2, 0.25) is 0 Å². The van der Waals surface area contributed by atoms with Crippen molar-refractivity contribution >= 4 is 5.91 Å². The molecule has 0 spiro atoms. The minimum atomic E-state index is -0.380. The minimum absolute atomic E-state index is 0.00566. The maximum Gasteiger partial charge on any atom is 0.249 e. The van der Waals surface area contributed by atoms with Crippen LogP contribution < -0.4 is 11.1 Å². The summed E-state index contributed by atoms with van der Waals surface area (Å²) in [6.07, 6.45) is 1.20. The molecule has 0 bridgehead atoms. The molecule has 5 nitrogen and oxygen atoms in total. The Morgan fingerprint density at radius 1 is 1.42 bits per heavy atom. The molecule has 1 heterocycles. The van der Waals surface area contributed by atoms with Gasteiger partial charge in [0.2, 0.25) is 5.91 Å². The van der Waals surface area contributed by atoms with E-state index in [0.29, 0.717) is 13.1 Å². The van der Waals surface area contributed by atoms with E-state index < -0.39 is 0 Å². The van der Waals surface area contributed by atoms with E-state index in [4.69, 9.17) is 15.6 Å². The van der Waals surface area contributed by atoms with E-state index in [1.165, 1.54) is 0 Å². The first kappa shape index (κ1) is 14.0. The largest absolute Gasteiger partial charge is 0.392 e. The Morgan fingerprint density at radius 3 is 2.89 bits per heavy atom. The lowest BCUT2D eigenvalue weighted by atomic mass is 10.1. The van der Waals surface area contributed by atoms with Crippen molar-refractivity contribution in [3.63, 3.8) is 0 Å². The van der Waals surface area contributed by atoms with Crippen LogP contribution in [0.4, 0.5) is 0 Å². The van der Waals surface area contributed by atoms with Crippen LogP contribution in [0.1, 0.15) is 24.0 Å². The topological polar surface area (TPSA) is 84.6 Å². The first-order chi connectivity index (χ1) is 9.22. The first-order valence-corrected chi connectivity index (χ1v) is 6.55. The minimum Gasteiger partial charge on any atom is -0.392 e. The fourth-order valence-electron chi connectivity index (χ4n) is 2.21. The standard InChI is InChI=1S/C14H20N2O3/c15-7-12-4-5-13(19-12)14(18)16-8-10-2-1-3-11(6-10)9-17/h1-3,6,12-13,17H,4-5,7-9,15H2,(H,16,18)/t12-,13+/m1/s1. The van der Waals surface area contributed by atoms with Gasteiger partial charge in [-0.25, -0.2) is 0 Å². The summed E-state index contributed by atoms with van der Waals surface area (Å²) in [5, 5.41) is 11.9. The highest BCUT2D eigenvalue weighted by atomic mass is 16.5. The Balaban J connectivity index is 1.83. The number of aliphatic hydroxyl groups is 1. The Morgan fingerprint density at radius 2 is 2.21 bits per heavy atom. The number of ether oxygens (including phenoxy) is 1. The van der Waals surface area contributed by atoms with Gasteiger partial charge in [-0.1, -0.05) is 24.3 Å². The molecule has 1 aromatic carbocycles. The third-order valence-corrected chi connectivity index (χ3v) is 3.30. The van der Waals surface area contributed by atoms with Gasteiger partial charge in [0.1, 0.15) is 6.10 Å². The third kappa shape index (κ3) is 3.76. The highest BCUT2D eigenvalue weighted by Gasteiger charge is 2.29. The molecule has 5 heteroatoms. The smallest absolute Gasteiger partial charge is 0.249 e. The van der Waals surface area contributed by atoms with Crippen molar-refractivity contribution in [1.82, 2.24) is 5.32 Å². The van der Waals surface area contributed by atoms with Crippen LogP contribution in [0, 0.1) is 0 Å². The van der Waals surface area contributed by atoms with Crippen molar-refractivity contribution in [3.05, 3.63) is 35.4 Å². The number of aliphatic hydroxyl groups excluding tert-OH is 1. The number of amides is 1. The molecule has 19 heavy (non-hydrogen) atoms. The van der Waals surface area contributed by atoms with Crippen molar-refractivity contribution < 1.29 is 14.6 Å². The van der Waals surface area contributed by atoms with E-state index in [1.807, 2.05) is 24.3 Å². The van der Waals surface area contributed by atoms with Gasteiger partial charge in [0, 0.05) is 13.1 Å². The van der Waals surface area contributed by atoms with Gasteiger partial charge in [-0.3, -0.25) is 4.79 Å². The van der Waals surface area contributed by atoms with Crippen LogP contribution in [0.3, 0.4) is 0 Å². The molecule has 0 aliphatic carbocycles. The second-order valence-electron chi connectivity index (χ2n) is 4.76. The maximum atomic E-state index is 11.9. The van der Waals surface area contributed by atoms with Gasteiger partial charge in [-0.2, -0.15) is 0 Å². The molecule has 2 rings (SSSR count). The summed E-state index contributed by atoms with van der Waals surface area (Å²) in [6.45, 7) is 0.911. The molecule has 0 saturated carbocycles. The summed E-state index contributed by atoms with van der Waals surface area (Å²) in [6, 6.07) is 7.50. The van der Waals surface area contributed by atoms with Crippen molar-refractivity contribution in [1.29, 1.82) is 0 Å². The highest BCUT2D eigenvalue weighted by molar-refractivity contribution is 5.81. The average Bonchev–Trinajstić information content (AvgIpc) is 2.94. The summed E-state index contributed by atoms with van der Waals surface area (Å²) >= 11 is 0. The van der Waals surface area contributed by atoms with Gasteiger partial charge in [-0.15, -0.1) is 0 Å². The molecular weight excluding hydrogens is 244 g/mol. The molecule has 1 saturated heterocycles. The fourth-order valence-corrected chi connectivity index (χ4v) is 2.21. The quantitative estimate of drug-likeness (QED) is 0.714. The molecule has 0 radical (unpaired) electrons. The fraction of sp³-hybridized carbons (Fsp3) is 0.500. The predicted molar refractivity (Wildman–Crippen MR) is 71.2 cm³/mol. The molecular formula is C14H20N2O3. The molecule has 4 N–H and O–H groups in total. The molecule has 1 aliphatic rings. The Bertz CT molecular complexity index is 436. The molecule has 104 valence electrons. The van der Waals surface area contributed by atoms with Crippen LogP contribution in [0.5, 0.6) is 0 Å². The van der Waals surface area contributed by atoms with Gasteiger partial charge < -0.3 is 20.9 Å². The zero-order valence-electron chi connectivity index (χ0n) is 10.8. The van der Waals surface area contributed by atoms with E-state index in [0.717, 1.165) is 24.0 Å². The van der Waals surface area contributed by atoms with Crippen LogP contribution >= 0.6 is 0 Å². The first-order valence-electron chi connectivity index (χ1n) is 6.55. The van der Waals surface area contributed by atoms with Crippen LogP contribution in [0.25, 0.3) is 0 Å². The summed E-state index contributed by atoms with van der Waals surface area (Å²) in [7, 11) is 0. The lowest BCUT2D eigenvalue weighted by molar-refractivity contribution is -0.132. The van der Waals surface area contributed by atoms with Gasteiger partial charge >= 0.3 is 0 Å². The molecule has 0 unspecified atom stereocenters. The third-order valence-electron chi connectivity index (χ3n) is 3.30. The zero-order valence-corrected chi connectivity index (χ0v) is 10.8. The lowest BCUT2D eigenvalue weighted by Gasteiger charge is -2.13. The monoisotopic (exact) mass is 264 g/mol. The number of nitrogens with two attached hydrogens (primary N) is 1. The van der Waals surface area contributed by atoms with E-state index in [1.54, 1.807) is 0 Å². The van der Waals surface area contributed by atoms with E-state index >= 15 is 0 Å². The number of carbonyl (C=O) groups is 1. The Labute approximate surface area is 112 Å². The molecule has 1 fully saturated rings. The van der Waals surface area contributed by atoms with Crippen LogP contribution in [-0.4, -0.2) is 29.8 Å². The molecule has 1 aliphatic heterocycles. The number of rotatable bonds is 5. The van der Waals surface area contributed by atoms with Crippen LogP contribution in [-0.2, 0) is 22.7 Å². The molecule has 2 atom stereocenters. The van der Waals surface area contributed by atoms with E-state index in [2.05, 4.69) is 5.32 Å². The number of hydrogen-bond donors (Lipinski definition) is 3.